The lowest BCUT2D eigenvalue weighted by molar-refractivity contribution is -0.130. The number of ether oxygens (including phenoxy) is 1. The van der Waals surface area contributed by atoms with Gasteiger partial charge in [0.15, 0.2) is 16.8 Å². The molecule has 9 heteroatoms. The van der Waals surface area contributed by atoms with Gasteiger partial charge in [-0.3, -0.25) is 4.79 Å². The molecule has 2 aromatic carbocycles. The maximum atomic E-state index is 13.5. The molecular weight excluding hydrogens is 418 g/mol. The molecule has 2 aliphatic heterocycles. The molecule has 3 aromatic rings. The predicted molar refractivity (Wildman–Crippen MR) is 114 cm³/mol. The van der Waals surface area contributed by atoms with E-state index in [9.17, 15) is 10.1 Å². The maximum absolute atomic E-state index is 13.5. The van der Waals surface area contributed by atoms with E-state index in [0.29, 0.717) is 27.6 Å². The molecule has 1 saturated heterocycles. The highest BCUT2D eigenvalue weighted by atomic mass is 35.5. The molecule has 3 heterocycles. The van der Waals surface area contributed by atoms with Gasteiger partial charge in [0.1, 0.15) is 17.8 Å². The van der Waals surface area contributed by atoms with Crippen LogP contribution >= 0.6 is 11.6 Å². The SMILES string of the molecule is COc1c(Cl)ccc2oc(C3=C(C)NC4C(c5ccccc5)C(C#N)NN4C3=O)nc12. The van der Waals surface area contributed by atoms with Gasteiger partial charge in [-0.15, -0.1) is 0 Å². The molecule has 5 rings (SSSR count). The van der Waals surface area contributed by atoms with Crippen LogP contribution < -0.4 is 15.5 Å². The van der Waals surface area contributed by atoms with Gasteiger partial charge in [-0.2, -0.15) is 5.26 Å². The van der Waals surface area contributed by atoms with Crippen LogP contribution in [0.25, 0.3) is 16.7 Å². The summed E-state index contributed by atoms with van der Waals surface area (Å²) in [6, 6.07) is 14.7. The first kappa shape index (κ1) is 19.4. The van der Waals surface area contributed by atoms with E-state index < -0.39 is 12.2 Å². The lowest BCUT2D eigenvalue weighted by Crippen LogP contribution is -2.54. The quantitative estimate of drug-likeness (QED) is 0.651. The Hall–Kier alpha value is -3.54. The number of allylic oxidation sites excluding steroid dienone is 1. The molecule has 1 aromatic heterocycles. The summed E-state index contributed by atoms with van der Waals surface area (Å²) in [4.78, 5) is 17.9. The molecule has 1 amide bonds. The predicted octanol–water partition coefficient (Wildman–Crippen LogP) is 3.17. The summed E-state index contributed by atoms with van der Waals surface area (Å²) in [5.74, 6) is -0.0253. The first-order valence-electron chi connectivity index (χ1n) is 9.68. The number of benzene rings is 2. The maximum Gasteiger partial charge on any atom is 0.277 e. The van der Waals surface area contributed by atoms with Crippen LogP contribution in [-0.2, 0) is 4.79 Å². The Morgan fingerprint density at radius 3 is 2.74 bits per heavy atom. The number of oxazole rings is 1. The average molecular weight is 436 g/mol. The number of carbonyl (C=O) groups is 1. The minimum atomic E-state index is -0.571. The van der Waals surface area contributed by atoms with E-state index in [0.717, 1.165) is 5.56 Å². The van der Waals surface area contributed by atoms with Crippen molar-refractivity contribution in [1.82, 2.24) is 20.7 Å². The number of halogens is 1. The van der Waals surface area contributed by atoms with Crippen molar-refractivity contribution >= 4 is 34.2 Å². The van der Waals surface area contributed by atoms with E-state index in [1.54, 1.807) is 19.1 Å². The van der Waals surface area contributed by atoms with Crippen LogP contribution in [0.3, 0.4) is 0 Å². The second-order valence-corrected chi connectivity index (χ2v) is 7.79. The molecule has 8 nitrogen and oxygen atoms in total. The summed E-state index contributed by atoms with van der Waals surface area (Å²) in [7, 11) is 1.50. The minimum absolute atomic E-state index is 0.155. The zero-order valence-electron chi connectivity index (χ0n) is 16.7. The third-order valence-electron chi connectivity index (χ3n) is 5.64. The lowest BCUT2D eigenvalue weighted by atomic mass is 9.90. The fourth-order valence-corrected chi connectivity index (χ4v) is 4.45. The Bertz CT molecular complexity index is 1260. The Kier molecular flexibility index (Phi) is 4.58. The monoisotopic (exact) mass is 435 g/mol. The fourth-order valence-electron chi connectivity index (χ4n) is 4.22. The number of amides is 1. The molecule has 0 bridgehead atoms. The first-order chi connectivity index (χ1) is 15.0. The zero-order valence-corrected chi connectivity index (χ0v) is 17.5. The van der Waals surface area contributed by atoms with E-state index in [2.05, 4.69) is 21.8 Å². The van der Waals surface area contributed by atoms with Crippen LogP contribution in [0.2, 0.25) is 5.02 Å². The van der Waals surface area contributed by atoms with E-state index >= 15 is 0 Å². The highest BCUT2D eigenvalue weighted by Crippen LogP contribution is 2.39. The summed E-state index contributed by atoms with van der Waals surface area (Å²) in [6.07, 6.45) is -0.420. The fraction of sp³-hybridized carbons (Fsp3) is 0.227. The molecule has 3 unspecified atom stereocenters. The van der Waals surface area contributed by atoms with Crippen LogP contribution in [0.4, 0.5) is 0 Å². The van der Waals surface area contributed by atoms with Crippen LogP contribution in [0.1, 0.15) is 24.3 Å². The molecule has 2 aliphatic rings. The summed E-state index contributed by atoms with van der Waals surface area (Å²) < 4.78 is 11.2. The number of carbonyl (C=O) groups excluding carboxylic acids is 1. The smallest absolute Gasteiger partial charge is 0.277 e. The van der Waals surface area contributed by atoms with Gasteiger partial charge >= 0.3 is 0 Å². The number of nitrogens with one attached hydrogen (secondary N) is 2. The Balaban J connectivity index is 1.58. The molecule has 0 spiro atoms. The molecule has 156 valence electrons. The van der Waals surface area contributed by atoms with Gasteiger partial charge in [-0.05, 0) is 24.6 Å². The van der Waals surface area contributed by atoms with Crippen molar-refractivity contribution in [3.05, 3.63) is 64.6 Å². The van der Waals surface area contributed by atoms with Crippen molar-refractivity contribution < 1.29 is 13.9 Å². The zero-order chi connectivity index (χ0) is 21.7. The molecule has 1 fully saturated rings. The van der Waals surface area contributed by atoms with Gasteiger partial charge in [0.05, 0.1) is 24.1 Å². The second-order valence-electron chi connectivity index (χ2n) is 7.38. The van der Waals surface area contributed by atoms with Crippen molar-refractivity contribution in [3.63, 3.8) is 0 Å². The van der Waals surface area contributed by atoms with Gasteiger partial charge in [-0.1, -0.05) is 41.9 Å². The third-order valence-corrected chi connectivity index (χ3v) is 5.93. The Labute approximate surface area is 183 Å². The topological polar surface area (TPSA) is 103 Å². The number of hydrazine groups is 1. The Morgan fingerprint density at radius 1 is 1.26 bits per heavy atom. The van der Waals surface area contributed by atoms with Crippen LogP contribution in [0.15, 0.2) is 52.6 Å². The first-order valence-corrected chi connectivity index (χ1v) is 10.1. The normalized spacial score (nSPS) is 23.0. The molecule has 3 atom stereocenters. The molecule has 0 saturated carbocycles. The van der Waals surface area contributed by atoms with Gasteiger partial charge in [0.2, 0.25) is 5.89 Å². The van der Waals surface area contributed by atoms with E-state index in [-0.39, 0.29) is 23.3 Å². The third kappa shape index (κ3) is 2.93. The molecular formula is C22H18ClN5O3. The summed E-state index contributed by atoms with van der Waals surface area (Å²) in [6.45, 7) is 1.80. The second kappa shape index (κ2) is 7.30. The van der Waals surface area contributed by atoms with Crippen molar-refractivity contribution in [3.8, 4) is 11.8 Å². The van der Waals surface area contributed by atoms with Crippen LogP contribution in [-0.4, -0.2) is 35.2 Å². The number of fused-ring (bicyclic) bond motifs is 2. The van der Waals surface area contributed by atoms with E-state index in [1.807, 2.05) is 30.3 Å². The van der Waals surface area contributed by atoms with Crippen LogP contribution in [0, 0.1) is 11.3 Å². The van der Waals surface area contributed by atoms with Crippen molar-refractivity contribution in [1.29, 1.82) is 5.26 Å². The van der Waals surface area contributed by atoms with Gasteiger partial charge < -0.3 is 14.5 Å². The number of rotatable bonds is 3. The Morgan fingerprint density at radius 2 is 2.03 bits per heavy atom. The highest BCUT2D eigenvalue weighted by molar-refractivity contribution is 6.33. The lowest BCUT2D eigenvalue weighted by Gasteiger charge is -2.34. The number of aromatic nitrogens is 1. The minimum Gasteiger partial charge on any atom is -0.493 e. The number of nitriles is 1. The van der Waals surface area contributed by atoms with Gasteiger partial charge in [0, 0.05) is 5.70 Å². The molecule has 0 aliphatic carbocycles. The number of methoxy groups -OCH3 is 1. The molecule has 31 heavy (non-hydrogen) atoms. The number of hydrogen-bond acceptors (Lipinski definition) is 7. The van der Waals surface area contributed by atoms with Crippen molar-refractivity contribution in [2.45, 2.75) is 25.0 Å². The number of hydrogen-bond donors (Lipinski definition) is 2. The van der Waals surface area contributed by atoms with E-state index in [1.165, 1.54) is 12.1 Å². The highest BCUT2D eigenvalue weighted by Gasteiger charge is 2.49. The molecule has 0 radical (unpaired) electrons. The van der Waals surface area contributed by atoms with E-state index in [4.69, 9.17) is 20.8 Å². The largest absolute Gasteiger partial charge is 0.493 e. The van der Waals surface area contributed by atoms with Gasteiger partial charge in [-0.25, -0.2) is 15.4 Å². The van der Waals surface area contributed by atoms with Crippen LogP contribution in [0.5, 0.6) is 5.75 Å². The summed E-state index contributed by atoms with van der Waals surface area (Å²) in [5, 5.41) is 14.9. The van der Waals surface area contributed by atoms with Crippen molar-refractivity contribution in [2.24, 2.45) is 0 Å². The average Bonchev–Trinajstić information content (AvgIpc) is 3.36. The standard InChI is InChI=1S/C22H18ClN5O3/c1-11-16(21-26-18-15(31-21)9-8-13(23)19(18)30-2)22(29)28-20(25-11)17(14(10-24)27-28)12-6-4-3-5-7-12/h3-9,14,17,20,25,27H,1-2H3. The van der Waals surface area contributed by atoms with Crippen molar-refractivity contribution in [2.75, 3.05) is 7.11 Å². The summed E-state index contributed by atoms with van der Waals surface area (Å²) in [5.41, 5.74) is 5.79. The summed E-state index contributed by atoms with van der Waals surface area (Å²) >= 11 is 6.19. The molecule has 2 N–H and O–H groups in total. The number of nitrogens with zero attached hydrogens (tertiary/aromatic N) is 3. The van der Waals surface area contributed by atoms with Gasteiger partial charge in [0.25, 0.3) is 5.91 Å².